The molecule has 0 spiro atoms. The summed E-state index contributed by atoms with van der Waals surface area (Å²) < 4.78 is 55.0. The van der Waals surface area contributed by atoms with Gasteiger partial charge >= 0.3 is 6.18 Å². The van der Waals surface area contributed by atoms with Gasteiger partial charge in [0.15, 0.2) is 11.7 Å². The molecule has 9 heteroatoms. The Morgan fingerprint density at radius 2 is 1.86 bits per heavy atom. The lowest BCUT2D eigenvalue weighted by Crippen LogP contribution is -2.36. The maximum Gasteiger partial charge on any atom is 0.410 e. The van der Waals surface area contributed by atoms with Gasteiger partial charge in [-0.3, -0.25) is 4.79 Å². The minimum absolute atomic E-state index is 0.0385. The number of amides is 1. The quantitative estimate of drug-likeness (QED) is 0.759. The van der Waals surface area contributed by atoms with Gasteiger partial charge in [0.2, 0.25) is 0 Å². The third-order valence-corrected chi connectivity index (χ3v) is 5.39. The number of nitrogens with one attached hydrogen (secondary N) is 2. The topological polar surface area (TPSA) is 59.0 Å². The van der Waals surface area contributed by atoms with E-state index in [1.807, 2.05) is 0 Å². The van der Waals surface area contributed by atoms with Crippen molar-refractivity contribution in [2.24, 2.45) is 0 Å². The van der Waals surface area contributed by atoms with Crippen molar-refractivity contribution in [1.82, 2.24) is 15.1 Å². The van der Waals surface area contributed by atoms with Gasteiger partial charge in [0.05, 0.1) is 6.04 Å². The molecule has 1 aromatic carbocycles. The molecule has 28 heavy (non-hydrogen) atoms. The summed E-state index contributed by atoms with van der Waals surface area (Å²) in [6, 6.07) is 4.20. The van der Waals surface area contributed by atoms with Crippen LogP contribution in [-0.4, -0.2) is 27.9 Å². The number of carbonyl (C=O) groups is 1. The number of benzene rings is 1. The molecule has 1 amide bonds. The molecule has 2 aromatic rings. The molecule has 2 heterocycles. The number of halogens is 4. The van der Waals surface area contributed by atoms with Gasteiger partial charge in [0.1, 0.15) is 11.6 Å². The van der Waals surface area contributed by atoms with Crippen LogP contribution >= 0.6 is 0 Å². The van der Waals surface area contributed by atoms with Crippen LogP contribution in [0.15, 0.2) is 30.3 Å². The van der Waals surface area contributed by atoms with Gasteiger partial charge in [-0.25, -0.2) is 9.07 Å². The molecule has 1 saturated carbocycles. The van der Waals surface area contributed by atoms with Gasteiger partial charge in [-0.2, -0.15) is 18.3 Å². The summed E-state index contributed by atoms with van der Waals surface area (Å²) in [7, 11) is 0. The lowest BCUT2D eigenvalue weighted by Gasteiger charge is -2.33. The van der Waals surface area contributed by atoms with E-state index in [1.54, 1.807) is 0 Å². The van der Waals surface area contributed by atoms with Crippen molar-refractivity contribution in [2.75, 3.05) is 5.32 Å². The fraction of sp³-hybridized carbons (Fsp3) is 0.474. The molecule has 5 nitrogen and oxygen atoms in total. The number of anilines is 1. The highest BCUT2D eigenvalue weighted by Gasteiger charge is 2.46. The van der Waals surface area contributed by atoms with Crippen LogP contribution in [0, 0.1) is 5.82 Å². The molecular formula is C19H20F4N4O. The van der Waals surface area contributed by atoms with Crippen molar-refractivity contribution < 1.29 is 22.4 Å². The minimum atomic E-state index is -4.53. The molecule has 0 radical (unpaired) electrons. The predicted molar refractivity (Wildman–Crippen MR) is 94.4 cm³/mol. The van der Waals surface area contributed by atoms with Crippen LogP contribution in [0.25, 0.3) is 0 Å². The van der Waals surface area contributed by atoms with Crippen LogP contribution in [0.2, 0.25) is 0 Å². The highest BCUT2D eigenvalue weighted by Crippen LogP contribution is 2.43. The number of nitrogens with zero attached hydrogens (tertiary/aromatic N) is 2. The number of hydrogen-bond donors (Lipinski definition) is 2. The second-order valence-corrected chi connectivity index (χ2v) is 7.36. The van der Waals surface area contributed by atoms with Crippen LogP contribution in [0.1, 0.15) is 60.2 Å². The van der Waals surface area contributed by atoms with E-state index in [4.69, 9.17) is 0 Å². The minimum Gasteiger partial charge on any atom is -0.363 e. The summed E-state index contributed by atoms with van der Waals surface area (Å²) in [5, 5.41) is 9.79. The number of hydrogen-bond acceptors (Lipinski definition) is 3. The van der Waals surface area contributed by atoms with E-state index >= 15 is 0 Å². The maximum atomic E-state index is 13.7. The third kappa shape index (κ3) is 3.70. The zero-order valence-corrected chi connectivity index (χ0v) is 15.0. The Morgan fingerprint density at radius 1 is 1.18 bits per heavy atom. The first-order valence-electron chi connectivity index (χ1n) is 9.30. The Bertz CT molecular complexity index is 856. The highest BCUT2D eigenvalue weighted by molar-refractivity contribution is 5.93. The Balaban J connectivity index is 1.62. The van der Waals surface area contributed by atoms with Crippen molar-refractivity contribution in [3.05, 3.63) is 47.4 Å². The summed E-state index contributed by atoms with van der Waals surface area (Å²) in [5.74, 6) is -0.794. The first-order chi connectivity index (χ1) is 13.3. The second kappa shape index (κ2) is 7.10. The second-order valence-electron chi connectivity index (χ2n) is 7.36. The number of rotatable bonds is 3. The molecule has 2 atom stereocenters. The van der Waals surface area contributed by atoms with Crippen molar-refractivity contribution >= 4 is 11.7 Å². The summed E-state index contributed by atoms with van der Waals surface area (Å²) in [4.78, 5) is 12.4. The molecule has 0 bridgehead atoms. The maximum absolute atomic E-state index is 13.7. The van der Waals surface area contributed by atoms with E-state index in [9.17, 15) is 22.4 Å². The molecule has 1 aliphatic heterocycles. The monoisotopic (exact) mass is 396 g/mol. The summed E-state index contributed by atoms with van der Waals surface area (Å²) in [6.07, 6.45) is -1.03. The standard InChI is InChI=1S/C19H20F4N4O/c20-12-7-5-11(6-8-12)14-9-16(19(21,22)23)27-17(25-14)10-15(26-27)18(28)24-13-3-1-2-4-13/h5-8,10,13-14,16,25H,1-4,9H2,(H,24,28)/t14-,16-/m1/s1. The van der Waals surface area contributed by atoms with Crippen LogP contribution in [0.4, 0.5) is 23.4 Å². The Hall–Kier alpha value is -2.58. The number of aromatic nitrogens is 2. The number of carbonyl (C=O) groups excluding carboxylic acids is 1. The molecule has 0 saturated heterocycles. The first kappa shape index (κ1) is 18.8. The lowest BCUT2D eigenvalue weighted by molar-refractivity contribution is -0.173. The van der Waals surface area contributed by atoms with E-state index in [2.05, 4.69) is 15.7 Å². The number of alkyl halides is 3. The summed E-state index contributed by atoms with van der Waals surface area (Å²) in [6.45, 7) is 0. The zero-order chi connectivity index (χ0) is 19.9. The van der Waals surface area contributed by atoms with Crippen LogP contribution in [0.3, 0.4) is 0 Å². The third-order valence-electron chi connectivity index (χ3n) is 5.39. The van der Waals surface area contributed by atoms with Gasteiger partial charge in [-0.05, 0) is 30.5 Å². The van der Waals surface area contributed by atoms with Crippen LogP contribution in [-0.2, 0) is 0 Å². The van der Waals surface area contributed by atoms with Crippen molar-refractivity contribution in [3.8, 4) is 0 Å². The smallest absolute Gasteiger partial charge is 0.363 e. The SMILES string of the molecule is O=C(NC1CCCC1)c1cc2n(n1)[C@@H](C(F)(F)F)C[C@H](c1ccc(F)cc1)N2. The van der Waals surface area contributed by atoms with E-state index < -0.39 is 30.0 Å². The van der Waals surface area contributed by atoms with E-state index in [0.29, 0.717) is 5.56 Å². The van der Waals surface area contributed by atoms with Crippen LogP contribution in [0.5, 0.6) is 0 Å². The summed E-state index contributed by atoms with van der Waals surface area (Å²) >= 11 is 0. The lowest BCUT2D eigenvalue weighted by atomic mass is 9.97. The first-order valence-corrected chi connectivity index (χ1v) is 9.30. The van der Waals surface area contributed by atoms with E-state index in [0.717, 1.165) is 30.4 Å². The molecule has 1 aliphatic carbocycles. The molecule has 0 unspecified atom stereocenters. The average Bonchev–Trinajstić information content (AvgIpc) is 3.29. The molecule has 1 aromatic heterocycles. The Labute approximate surface area is 159 Å². The molecular weight excluding hydrogens is 376 g/mol. The molecule has 2 aliphatic rings. The van der Waals surface area contributed by atoms with Gasteiger partial charge in [-0.15, -0.1) is 0 Å². The number of fused-ring (bicyclic) bond motifs is 1. The van der Waals surface area contributed by atoms with Gasteiger partial charge in [-0.1, -0.05) is 25.0 Å². The molecule has 4 rings (SSSR count). The fourth-order valence-electron chi connectivity index (χ4n) is 3.93. The van der Waals surface area contributed by atoms with Gasteiger partial charge in [0.25, 0.3) is 5.91 Å². The van der Waals surface area contributed by atoms with Gasteiger partial charge in [0, 0.05) is 18.5 Å². The normalized spacial score (nSPS) is 22.6. The summed E-state index contributed by atoms with van der Waals surface area (Å²) in [5.41, 5.74) is 0.503. The predicted octanol–water partition coefficient (Wildman–Crippen LogP) is 4.35. The van der Waals surface area contributed by atoms with Crippen molar-refractivity contribution in [3.63, 3.8) is 0 Å². The Kier molecular flexibility index (Phi) is 4.76. The average molecular weight is 396 g/mol. The zero-order valence-electron chi connectivity index (χ0n) is 15.0. The van der Waals surface area contributed by atoms with E-state index in [-0.39, 0.29) is 24.0 Å². The van der Waals surface area contributed by atoms with Crippen molar-refractivity contribution in [2.45, 2.75) is 56.4 Å². The van der Waals surface area contributed by atoms with Gasteiger partial charge < -0.3 is 10.6 Å². The Morgan fingerprint density at radius 3 is 2.50 bits per heavy atom. The fourth-order valence-corrected chi connectivity index (χ4v) is 3.93. The molecule has 2 N–H and O–H groups in total. The molecule has 1 fully saturated rings. The van der Waals surface area contributed by atoms with Crippen molar-refractivity contribution in [1.29, 1.82) is 0 Å². The molecule has 150 valence electrons. The largest absolute Gasteiger partial charge is 0.410 e. The van der Waals surface area contributed by atoms with E-state index in [1.165, 1.54) is 30.3 Å². The highest BCUT2D eigenvalue weighted by atomic mass is 19.4. The van der Waals surface area contributed by atoms with Crippen LogP contribution < -0.4 is 10.6 Å².